The van der Waals surface area contributed by atoms with Gasteiger partial charge in [-0.25, -0.2) is 4.68 Å². The fourth-order valence-electron chi connectivity index (χ4n) is 2.10. The van der Waals surface area contributed by atoms with Crippen LogP contribution in [0.15, 0.2) is 30.5 Å². The van der Waals surface area contributed by atoms with Crippen LogP contribution in [-0.4, -0.2) is 21.5 Å². The van der Waals surface area contributed by atoms with E-state index >= 15 is 0 Å². The number of aliphatic hydroxyl groups is 1. The first-order chi connectivity index (χ1) is 9.45. The molecule has 0 atom stereocenters. The Kier molecular flexibility index (Phi) is 4.13. The zero-order chi connectivity index (χ0) is 14.8. The van der Waals surface area contributed by atoms with Crippen molar-refractivity contribution in [2.24, 2.45) is 0 Å². The van der Waals surface area contributed by atoms with Crippen LogP contribution in [-0.2, 0) is 12.6 Å². The van der Waals surface area contributed by atoms with Crippen molar-refractivity contribution in [3.8, 4) is 5.69 Å². The van der Waals surface area contributed by atoms with E-state index in [0.717, 1.165) is 11.6 Å². The van der Waals surface area contributed by atoms with Gasteiger partial charge in [0, 0.05) is 12.3 Å². The monoisotopic (exact) mass is 284 g/mol. The lowest BCUT2D eigenvalue weighted by Crippen LogP contribution is -2.12. The number of aromatic nitrogens is 2. The number of aryl methyl sites for hydroxylation is 1. The summed E-state index contributed by atoms with van der Waals surface area (Å²) in [6.07, 6.45) is -1.71. The largest absolute Gasteiger partial charge is 0.418 e. The Balaban J connectivity index is 2.45. The highest BCUT2D eigenvalue weighted by Crippen LogP contribution is 2.34. The molecule has 20 heavy (non-hydrogen) atoms. The minimum atomic E-state index is -4.42. The first kappa shape index (κ1) is 14.6. The normalized spacial score (nSPS) is 11.8. The number of rotatable bonds is 4. The average molecular weight is 284 g/mol. The van der Waals surface area contributed by atoms with E-state index in [2.05, 4.69) is 5.10 Å². The average Bonchev–Trinajstić information content (AvgIpc) is 2.76. The van der Waals surface area contributed by atoms with E-state index in [4.69, 9.17) is 5.11 Å². The third-order valence-corrected chi connectivity index (χ3v) is 3.15. The van der Waals surface area contributed by atoms with E-state index in [1.807, 2.05) is 0 Å². The zero-order valence-electron chi connectivity index (χ0n) is 11.0. The molecule has 0 saturated heterocycles. The van der Waals surface area contributed by atoms with E-state index in [9.17, 15) is 13.2 Å². The summed E-state index contributed by atoms with van der Waals surface area (Å²) in [7, 11) is 0. The second-order valence-electron chi connectivity index (χ2n) is 4.51. The number of hydrogen-bond acceptors (Lipinski definition) is 2. The van der Waals surface area contributed by atoms with Crippen molar-refractivity contribution in [2.75, 3.05) is 6.61 Å². The Morgan fingerprint density at radius 1 is 1.25 bits per heavy atom. The van der Waals surface area contributed by atoms with Gasteiger partial charge in [-0.3, -0.25) is 0 Å². The van der Waals surface area contributed by atoms with Gasteiger partial charge in [-0.1, -0.05) is 12.1 Å². The highest BCUT2D eigenvalue weighted by molar-refractivity contribution is 5.44. The van der Waals surface area contributed by atoms with Crippen LogP contribution in [0.3, 0.4) is 0 Å². The molecule has 0 aliphatic heterocycles. The summed E-state index contributed by atoms with van der Waals surface area (Å²) in [5, 5.41) is 12.9. The maximum absolute atomic E-state index is 13.0. The molecule has 0 aliphatic carbocycles. The van der Waals surface area contributed by atoms with E-state index in [0.29, 0.717) is 18.5 Å². The zero-order valence-corrected chi connectivity index (χ0v) is 11.0. The molecule has 1 aromatic carbocycles. The molecule has 108 valence electrons. The third-order valence-electron chi connectivity index (χ3n) is 3.15. The molecule has 0 unspecified atom stereocenters. The van der Waals surface area contributed by atoms with E-state index < -0.39 is 11.7 Å². The highest BCUT2D eigenvalue weighted by Gasteiger charge is 2.34. The standard InChI is InChI=1S/C14H15F3N2O/c1-10-11(5-4-8-20)9-18-19(10)13-7-3-2-6-12(13)14(15,16)17/h2-3,6-7,9,20H,4-5,8H2,1H3. The Morgan fingerprint density at radius 3 is 2.60 bits per heavy atom. The predicted molar refractivity (Wildman–Crippen MR) is 68.7 cm³/mol. The molecular formula is C14H15F3N2O. The molecule has 0 aliphatic rings. The molecule has 0 saturated carbocycles. The fourth-order valence-corrected chi connectivity index (χ4v) is 2.10. The maximum Gasteiger partial charge on any atom is 0.418 e. The van der Waals surface area contributed by atoms with Crippen molar-refractivity contribution < 1.29 is 18.3 Å². The molecule has 2 aromatic rings. The SMILES string of the molecule is Cc1c(CCCO)cnn1-c1ccccc1C(F)(F)F. The number of halogens is 3. The van der Waals surface area contributed by atoms with Crippen LogP contribution in [0.2, 0.25) is 0 Å². The van der Waals surface area contributed by atoms with Gasteiger partial charge in [-0.15, -0.1) is 0 Å². The van der Waals surface area contributed by atoms with Gasteiger partial charge in [0.15, 0.2) is 0 Å². The highest BCUT2D eigenvalue weighted by atomic mass is 19.4. The van der Waals surface area contributed by atoms with Crippen LogP contribution >= 0.6 is 0 Å². The molecule has 3 nitrogen and oxygen atoms in total. The number of nitrogens with zero attached hydrogens (tertiary/aromatic N) is 2. The number of para-hydroxylation sites is 1. The van der Waals surface area contributed by atoms with Crippen molar-refractivity contribution >= 4 is 0 Å². The van der Waals surface area contributed by atoms with E-state index in [1.165, 1.54) is 16.8 Å². The Hall–Kier alpha value is -1.82. The molecule has 6 heteroatoms. The maximum atomic E-state index is 13.0. The lowest BCUT2D eigenvalue weighted by molar-refractivity contribution is -0.137. The Labute approximate surface area is 114 Å². The van der Waals surface area contributed by atoms with E-state index in [-0.39, 0.29) is 12.3 Å². The van der Waals surface area contributed by atoms with Crippen molar-refractivity contribution in [3.63, 3.8) is 0 Å². The smallest absolute Gasteiger partial charge is 0.396 e. The molecule has 2 rings (SSSR count). The predicted octanol–water partition coefficient (Wildman–Crippen LogP) is 3.12. The summed E-state index contributed by atoms with van der Waals surface area (Å²) in [6.45, 7) is 1.77. The van der Waals surface area contributed by atoms with Crippen LogP contribution in [0, 0.1) is 6.92 Å². The molecule has 0 bridgehead atoms. The topological polar surface area (TPSA) is 38.1 Å². The quantitative estimate of drug-likeness (QED) is 0.936. The van der Waals surface area contributed by atoms with Crippen LogP contribution in [0.4, 0.5) is 13.2 Å². The molecule has 0 radical (unpaired) electrons. The third kappa shape index (κ3) is 2.85. The summed E-state index contributed by atoms with van der Waals surface area (Å²) in [4.78, 5) is 0. The van der Waals surface area contributed by atoms with E-state index in [1.54, 1.807) is 19.2 Å². The molecule has 0 spiro atoms. The van der Waals surface area contributed by atoms with Crippen LogP contribution < -0.4 is 0 Å². The van der Waals surface area contributed by atoms with Crippen molar-refractivity contribution in [1.29, 1.82) is 0 Å². The summed E-state index contributed by atoms with van der Waals surface area (Å²) in [5.74, 6) is 0. The summed E-state index contributed by atoms with van der Waals surface area (Å²) in [5.41, 5.74) is 0.818. The van der Waals surface area contributed by atoms with Crippen LogP contribution in [0.5, 0.6) is 0 Å². The number of hydrogen-bond donors (Lipinski definition) is 1. The number of aliphatic hydroxyl groups excluding tert-OH is 1. The molecule has 0 fully saturated rings. The summed E-state index contributed by atoms with van der Waals surface area (Å²) < 4.78 is 40.3. The van der Waals surface area contributed by atoms with Gasteiger partial charge in [0.2, 0.25) is 0 Å². The number of alkyl halides is 3. The first-order valence-corrected chi connectivity index (χ1v) is 6.26. The van der Waals surface area contributed by atoms with Crippen LogP contribution in [0.1, 0.15) is 23.2 Å². The van der Waals surface area contributed by atoms with Crippen molar-refractivity contribution in [2.45, 2.75) is 25.9 Å². The second-order valence-corrected chi connectivity index (χ2v) is 4.51. The van der Waals surface area contributed by atoms with Gasteiger partial charge in [0.25, 0.3) is 0 Å². The Bertz CT molecular complexity index is 590. The van der Waals surface area contributed by atoms with Gasteiger partial charge in [-0.05, 0) is 37.5 Å². The molecule has 1 N–H and O–H groups in total. The minimum Gasteiger partial charge on any atom is -0.396 e. The minimum absolute atomic E-state index is 0.0211. The molecular weight excluding hydrogens is 269 g/mol. The molecule has 1 heterocycles. The van der Waals surface area contributed by atoms with Crippen molar-refractivity contribution in [1.82, 2.24) is 9.78 Å². The fraction of sp³-hybridized carbons (Fsp3) is 0.357. The second kappa shape index (κ2) is 5.66. The molecule has 0 amide bonds. The van der Waals surface area contributed by atoms with Gasteiger partial charge in [-0.2, -0.15) is 18.3 Å². The van der Waals surface area contributed by atoms with Crippen LogP contribution in [0.25, 0.3) is 5.69 Å². The van der Waals surface area contributed by atoms with Gasteiger partial charge in [0.05, 0.1) is 17.4 Å². The Morgan fingerprint density at radius 2 is 1.95 bits per heavy atom. The number of benzene rings is 1. The van der Waals surface area contributed by atoms with Gasteiger partial charge >= 0.3 is 6.18 Å². The van der Waals surface area contributed by atoms with Gasteiger partial charge < -0.3 is 5.11 Å². The van der Waals surface area contributed by atoms with Gasteiger partial charge in [0.1, 0.15) is 0 Å². The first-order valence-electron chi connectivity index (χ1n) is 6.26. The van der Waals surface area contributed by atoms with Crippen molar-refractivity contribution in [3.05, 3.63) is 47.3 Å². The lowest BCUT2D eigenvalue weighted by atomic mass is 10.1. The molecule has 1 aromatic heterocycles. The lowest BCUT2D eigenvalue weighted by Gasteiger charge is -2.14. The summed E-state index contributed by atoms with van der Waals surface area (Å²) in [6, 6.07) is 5.36. The summed E-state index contributed by atoms with van der Waals surface area (Å²) >= 11 is 0.